The van der Waals surface area contributed by atoms with E-state index in [1.54, 1.807) is 19.5 Å². The second-order valence-corrected chi connectivity index (χ2v) is 6.38. The van der Waals surface area contributed by atoms with Gasteiger partial charge in [0.05, 0.1) is 24.2 Å². The van der Waals surface area contributed by atoms with Crippen molar-refractivity contribution in [2.24, 2.45) is 0 Å². The molecule has 1 aliphatic rings. The van der Waals surface area contributed by atoms with E-state index < -0.39 is 0 Å². The van der Waals surface area contributed by atoms with Gasteiger partial charge in [-0.1, -0.05) is 24.3 Å². The lowest BCUT2D eigenvalue weighted by Crippen LogP contribution is -2.47. The Kier molecular flexibility index (Phi) is 5.40. The van der Waals surface area contributed by atoms with Crippen molar-refractivity contribution >= 4 is 5.91 Å². The minimum absolute atomic E-state index is 0.0466. The van der Waals surface area contributed by atoms with E-state index in [-0.39, 0.29) is 12.0 Å². The van der Waals surface area contributed by atoms with Gasteiger partial charge in [0, 0.05) is 38.9 Å². The van der Waals surface area contributed by atoms with Crippen LogP contribution in [-0.4, -0.2) is 66.0 Å². The third-order valence-electron chi connectivity index (χ3n) is 4.67. The van der Waals surface area contributed by atoms with Crippen LogP contribution in [0.4, 0.5) is 0 Å². The maximum Gasteiger partial charge on any atom is 0.274 e. The zero-order valence-corrected chi connectivity index (χ0v) is 15.0. The highest BCUT2D eigenvalue weighted by Crippen LogP contribution is 2.21. The number of amides is 1. The van der Waals surface area contributed by atoms with Gasteiger partial charge in [-0.25, -0.2) is 4.98 Å². The summed E-state index contributed by atoms with van der Waals surface area (Å²) in [6, 6.07) is 8.00. The largest absolute Gasteiger partial charge is 0.377 e. The summed E-state index contributed by atoms with van der Waals surface area (Å²) in [4.78, 5) is 25.5. The number of benzene rings is 1. The van der Waals surface area contributed by atoms with Crippen LogP contribution in [0.5, 0.6) is 0 Å². The molecule has 0 N–H and O–H groups in total. The number of nitrogens with zero attached hydrogens (tertiary/aromatic N) is 4. The first-order valence-corrected chi connectivity index (χ1v) is 8.51. The molecular weight excluding hydrogens is 316 g/mol. The molecule has 0 spiro atoms. The summed E-state index contributed by atoms with van der Waals surface area (Å²) in [5.41, 5.74) is 3.14. The maximum absolute atomic E-state index is 12.7. The van der Waals surface area contributed by atoms with Crippen LogP contribution in [0.2, 0.25) is 0 Å². The molecule has 3 rings (SSSR count). The normalized spacial score (nSPS) is 16.7. The Morgan fingerprint density at radius 1 is 1.12 bits per heavy atom. The van der Waals surface area contributed by atoms with Crippen LogP contribution < -0.4 is 0 Å². The van der Waals surface area contributed by atoms with Crippen molar-refractivity contribution < 1.29 is 9.53 Å². The second-order valence-electron chi connectivity index (χ2n) is 6.38. The number of carbonyl (C=O) groups is 1. The van der Waals surface area contributed by atoms with Crippen LogP contribution in [-0.2, 0) is 4.74 Å². The highest BCUT2D eigenvalue weighted by molar-refractivity contribution is 5.92. The molecule has 0 bridgehead atoms. The molecule has 1 aliphatic heterocycles. The lowest BCUT2D eigenvalue weighted by Gasteiger charge is -2.32. The Balaban J connectivity index is 1.78. The predicted molar refractivity (Wildman–Crippen MR) is 96.3 cm³/mol. The molecule has 1 atom stereocenters. The zero-order chi connectivity index (χ0) is 17.8. The summed E-state index contributed by atoms with van der Waals surface area (Å²) in [7, 11) is 3.76. The number of hydrogen-bond donors (Lipinski definition) is 0. The molecule has 1 aromatic carbocycles. The number of ether oxygens (including phenoxy) is 1. The molecule has 6 nitrogen and oxygen atoms in total. The lowest BCUT2D eigenvalue weighted by molar-refractivity contribution is 0.0658. The number of methoxy groups -OCH3 is 1. The molecule has 0 radical (unpaired) electrons. The molecule has 2 heterocycles. The highest BCUT2D eigenvalue weighted by Gasteiger charge is 2.22. The molecule has 0 aliphatic carbocycles. The van der Waals surface area contributed by atoms with Crippen LogP contribution in [0.3, 0.4) is 0 Å². The summed E-state index contributed by atoms with van der Waals surface area (Å²) < 4.78 is 5.33. The Hall–Kier alpha value is -2.31. The van der Waals surface area contributed by atoms with Gasteiger partial charge < -0.3 is 14.5 Å². The van der Waals surface area contributed by atoms with E-state index in [1.165, 1.54) is 0 Å². The van der Waals surface area contributed by atoms with E-state index in [4.69, 9.17) is 4.74 Å². The molecule has 1 saturated heterocycles. The number of aromatic nitrogens is 2. The standard InChI is InChI=1S/C19H24N4O2/c1-14(25-3)15-4-6-16(7-5-15)17-12-20-13-18(21-17)19(24)23-10-8-22(2)9-11-23/h4-7,12-14H,8-11H2,1-3H3/t14-/m1/s1. The Labute approximate surface area is 148 Å². The number of hydrogen-bond acceptors (Lipinski definition) is 5. The Morgan fingerprint density at radius 3 is 2.44 bits per heavy atom. The Morgan fingerprint density at radius 2 is 1.80 bits per heavy atom. The smallest absolute Gasteiger partial charge is 0.274 e. The summed E-state index contributed by atoms with van der Waals surface area (Å²) in [5, 5.41) is 0. The minimum Gasteiger partial charge on any atom is -0.377 e. The summed E-state index contributed by atoms with van der Waals surface area (Å²) in [6.07, 6.45) is 3.28. The minimum atomic E-state index is -0.0490. The molecule has 132 valence electrons. The van der Waals surface area contributed by atoms with E-state index >= 15 is 0 Å². The Bertz CT molecular complexity index is 724. The molecule has 2 aromatic rings. The van der Waals surface area contributed by atoms with Crippen molar-refractivity contribution in [2.45, 2.75) is 13.0 Å². The number of likely N-dealkylation sites (N-methyl/N-ethyl adjacent to an activating group) is 1. The van der Waals surface area contributed by atoms with Gasteiger partial charge in [0.25, 0.3) is 5.91 Å². The summed E-state index contributed by atoms with van der Waals surface area (Å²) in [6.45, 7) is 5.23. The van der Waals surface area contributed by atoms with Gasteiger partial charge in [0.2, 0.25) is 0 Å². The molecular formula is C19H24N4O2. The molecule has 1 aromatic heterocycles. The van der Waals surface area contributed by atoms with Crippen molar-refractivity contribution in [3.8, 4) is 11.3 Å². The third-order valence-corrected chi connectivity index (χ3v) is 4.67. The van der Waals surface area contributed by atoms with E-state index in [1.807, 2.05) is 36.1 Å². The van der Waals surface area contributed by atoms with Gasteiger partial charge in [0.15, 0.2) is 0 Å². The third kappa shape index (κ3) is 4.03. The first-order valence-electron chi connectivity index (χ1n) is 8.51. The average Bonchev–Trinajstić information content (AvgIpc) is 2.67. The quantitative estimate of drug-likeness (QED) is 0.854. The number of piperazine rings is 1. The van der Waals surface area contributed by atoms with Crippen LogP contribution in [0, 0.1) is 0 Å². The summed E-state index contributed by atoms with van der Waals surface area (Å²) in [5.74, 6) is -0.0490. The van der Waals surface area contributed by atoms with Gasteiger partial charge in [-0.3, -0.25) is 9.78 Å². The van der Waals surface area contributed by atoms with Gasteiger partial charge in [0.1, 0.15) is 5.69 Å². The fraction of sp³-hybridized carbons (Fsp3) is 0.421. The van der Waals surface area contributed by atoms with E-state index in [9.17, 15) is 4.79 Å². The van der Waals surface area contributed by atoms with Crippen molar-refractivity contribution in [1.82, 2.24) is 19.8 Å². The topological polar surface area (TPSA) is 58.6 Å². The van der Waals surface area contributed by atoms with Gasteiger partial charge in [-0.15, -0.1) is 0 Å². The lowest BCUT2D eigenvalue weighted by atomic mass is 10.1. The van der Waals surface area contributed by atoms with Crippen molar-refractivity contribution in [3.63, 3.8) is 0 Å². The van der Waals surface area contributed by atoms with Crippen LogP contribution in [0.25, 0.3) is 11.3 Å². The van der Waals surface area contributed by atoms with E-state index in [2.05, 4.69) is 21.9 Å². The fourth-order valence-corrected chi connectivity index (χ4v) is 2.84. The van der Waals surface area contributed by atoms with Crippen molar-refractivity contribution in [1.29, 1.82) is 0 Å². The summed E-state index contributed by atoms with van der Waals surface area (Å²) >= 11 is 0. The molecule has 0 unspecified atom stereocenters. The molecule has 25 heavy (non-hydrogen) atoms. The predicted octanol–water partition coefficient (Wildman–Crippen LogP) is 2.24. The highest BCUT2D eigenvalue weighted by atomic mass is 16.5. The maximum atomic E-state index is 12.7. The first kappa shape index (κ1) is 17.5. The molecule has 1 amide bonds. The second kappa shape index (κ2) is 7.72. The van der Waals surface area contributed by atoms with Crippen LogP contribution in [0.1, 0.15) is 29.1 Å². The first-order chi connectivity index (χ1) is 12.1. The van der Waals surface area contributed by atoms with Crippen LogP contribution in [0.15, 0.2) is 36.7 Å². The van der Waals surface area contributed by atoms with Gasteiger partial charge in [-0.2, -0.15) is 0 Å². The number of rotatable bonds is 4. The molecule has 6 heteroatoms. The van der Waals surface area contributed by atoms with Gasteiger partial charge in [-0.05, 0) is 19.5 Å². The fourth-order valence-electron chi connectivity index (χ4n) is 2.84. The molecule has 0 saturated carbocycles. The van der Waals surface area contributed by atoms with Crippen molar-refractivity contribution in [2.75, 3.05) is 40.3 Å². The SMILES string of the molecule is CO[C@H](C)c1ccc(-c2cncc(C(=O)N3CCN(C)CC3)n2)cc1. The monoisotopic (exact) mass is 340 g/mol. The molecule has 1 fully saturated rings. The van der Waals surface area contributed by atoms with Crippen molar-refractivity contribution in [3.05, 3.63) is 47.9 Å². The average molecular weight is 340 g/mol. The van der Waals surface area contributed by atoms with E-state index in [0.717, 1.165) is 37.3 Å². The number of carbonyl (C=O) groups excluding carboxylic acids is 1. The zero-order valence-electron chi connectivity index (χ0n) is 15.0. The van der Waals surface area contributed by atoms with Gasteiger partial charge >= 0.3 is 0 Å². The van der Waals surface area contributed by atoms with Crippen LogP contribution >= 0.6 is 0 Å². The van der Waals surface area contributed by atoms with E-state index in [0.29, 0.717) is 11.4 Å².